The maximum absolute atomic E-state index is 12.7. The van der Waals surface area contributed by atoms with Crippen molar-refractivity contribution in [3.05, 3.63) is 68.5 Å². The number of aromatic nitrogens is 2. The second-order valence-corrected chi connectivity index (χ2v) is 7.53. The quantitative estimate of drug-likeness (QED) is 0.827. The standard InChI is InChI=1S/C20H25N3O4/c1-14-11-23(19(26)21-18(14)25)13-17(24)22-9-8-20(2,27)16(12-22)10-15-6-4-3-5-7-15/h3-7,11,16,27H,8-10,12-13H2,1-2H3,(H,21,25,26)/t16-,20+/m1/s1. The number of carbonyl (C=O) groups is 1. The summed E-state index contributed by atoms with van der Waals surface area (Å²) in [4.78, 5) is 40.0. The van der Waals surface area contributed by atoms with Crippen molar-refractivity contribution < 1.29 is 9.90 Å². The lowest BCUT2D eigenvalue weighted by Crippen LogP contribution is -2.53. The summed E-state index contributed by atoms with van der Waals surface area (Å²) in [6.45, 7) is 4.15. The Morgan fingerprint density at radius 3 is 2.70 bits per heavy atom. The summed E-state index contributed by atoms with van der Waals surface area (Å²) in [5, 5.41) is 10.8. The number of aryl methyl sites for hydroxylation is 1. The summed E-state index contributed by atoms with van der Waals surface area (Å²) in [6, 6.07) is 9.89. The highest BCUT2D eigenvalue weighted by Crippen LogP contribution is 2.30. The van der Waals surface area contributed by atoms with E-state index in [0.717, 1.165) is 5.56 Å². The fourth-order valence-corrected chi connectivity index (χ4v) is 3.51. The Kier molecular flexibility index (Phi) is 5.32. The van der Waals surface area contributed by atoms with Crippen molar-refractivity contribution in [3.63, 3.8) is 0 Å². The molecule has 7 nitrogen and oxygen atoms in total. The van der Waals surface area contributed by atoms with E-state index in [1.807, 2.05) is 37.3 Å². The van der Waals surface area contributed by atoms with Gasteiger partial charge in [0.05, 0.1) is 5.60 Å². The zero-order valence-electron chi connectivity index (χ0n) is 15.6. The summed E-state index contributed by atoms with van der Waals surface area (Å²) < 4.78 is 1.22. The number of hydrogen-bond donors (Lipinski definition) is 2. The van der Waals surface area contributed by atoms with E-state index >= 15 is 0 Å². The molecule has 1 amide bonds. The molecule has 1 aliphatic heterocycles. The second kappa shape index (κ2) is 7.52. The predicted molar refractivity (Wildman–Crippen MR) is 102 cm³/mol. The average Bonchev–Trinajstić information content (AvgIpc) is 2.62. The lowest BCUT2D eigenvalue weighted by atomic mass is 9.79. The fourth-order valence-electron chi connectivity index (χ4n) is 3.51. The highest BCUT2D eigenvalue weighted by atomic mass is 16.3. The summed E-state index contributed by atoms with van der Waals surface area (Å²) in [6.07, 6.45) is 2.56. The summed E-state index contributed by atoms with van der Waals surface area (Å²) >= 11 is 0. The lowest BCUT2D eigenvalue weighted by Gasteiger charge is -2.43. The van der Waals surface area contributed by atoms with E-state index in [1.54, 1.807) is 11.8 Å². The van der Waals surface area contributed by atoms with Gasteiger partial charge in [-0.2, -0.15) is 0 Å². The van der Waals surface area contributed by atoms with Crippen LogP contribution in [-0.4, -0.2) is 44.2 Å². The smallest absolute Gasteiger partial charge is 0.328 e. The van der Waals surface area contributed by atoms with Crippen LogP contribution in [0, 0.1) is 12.8 Å². The number of piperidine rings is 1. The van der Waals surface area contributed by atoms with Crippen molar-refractivity contribution in [2.24, 2.45) is 5.92 Å². The number of H-pyrrole nitrogens is 1. The molecule has 1 aromatic heterocycles. The maximum atomic E-state index is 12.7. The van der Waals surface area contributed by atoms with Gasteiger partial charge in [0.2, 0.25) is 5.91 Å². The molecule has 0 bridgehead atoms. The largest absolute Gasteiger partial charge is 0.390 e. The van der Waals surface area contributed by atoms with Crippen molar-refractivity contribution in [3.8, 4) is 0 Å². The third-order valence-corrected chi connectivity index (χ3v) is 5.38. The molecular weight excluding hydrogens is 346 g/mol. The number of amides is 1. The number of aliphatic hydroxyl groups is 1. The number of carbonyl (C=O) groups excluding carboxylic acids is 1. The SMILES string of the molecule is Cc1cn(CC(=O)N2CC[C@](C)(O)[C@H](Cc3ccccc3)C2)c(=O)[nH]c1=O. The van der Waals surface area contributed by atoms with Gasteiger partial charge in [-0.05, 0) is 32.3 Å². The molecule has 2 atom stereocenters. The molecule has 7 heteroatoms. The number of hydrogen-bond acceptors (Lipinski definition) is 4. The predicted octanol–water partition coefficient (Wildman–Crippen LogP) is 0.687. The van der Waals surface area contributed by atoms with Crippen LogP contribution in [0.5, 0.6) is 0 Å². The van der Waals surface area contributed by atoms with Crippen molar-refractivity contribution in [1.82, 2.24) is 14.5 Å². The molecule has 0 spiro atoms. The first-order chi connectivity index (χ1) is 12.8. The minimum atomic E-state index is -0.849. The number of rotatable bonds is 4. The van der Waals surface area contributed by atoms with Gasteiger partial charge < -0.3 is 10.0 Å². The first kappa shape index (κ1) is 19.1. The number of nitrogens with one attached hydrogen (secondary N) is 1. The molecule has 2 heterocycles. The van der Waals surface area contributed by atoms with E-state index in [-0.39, 0.29) is 18.4 Å². The van der Waals surface area contributed by atoms with E-state index in [0.29, 0.717) is 31.5 Å². The summed E-state index contributed by atoms with van der Waals surface area (Å²) in [7, 11) is 0. The molecule has 1 saturated heterocycles. The molecule has 0 unspecified atom stereocenters. The van der Waals surface area contributed by atoms with Crippen LogP contribution in [0.2, 0.25) is 0 Å². The van der Waals surface area contributed by atoms with Gasteiger partial charge in [-0.3, -0.25) is 19.1 Å². The van der Waals surface area contributed by atoms with E-state index in [1.165, 1.54) is 10.8 Å². The highest BCUT2D eigenvalue weighted by Gasteiger charge is 2.38. The van der Waals surface area contributed by atoms with Crippen molar-refractivity contribution in [2.45, 2.75) is 38.8 Å². The van der Waals surface area contributed by atoms with Gasteiger partial charge in [0.1, 0.15) is 6.54 Å². The number of benzene rings is 1. The first-order valence-corrected chi connectivity index (χ1v) is 9.11. The molecule has 2 N–H and O–H groups in total. The molecule has 0 saturated carbocycles. The lowest BCUT2D eigenvalue weighted by molar-refractivity contribution is -0.139. The second-order valence-electron chi connectivity index (χ2n) is 7.53. The Morgan fingerprint density at radius 1 is 1.30 bits per heavy atom. The van der Waals surface area contributed by atoms with Crippen LogP contribution in [0.25, 0.3) is 0 Å². The van der Waals surface area contributed by atoms with Gasteiger partial charge in [0.25, 0.3) is 5.56 Å². The monoisotopic (exact) mass is 371 g/mol. The molecule has 27 heavy (non-hydrogen) atoms. The van der Waals surface area contributed by atoms with Crippen LogP contribution >= 0.6 is 0 Å². The van der Waals surface area contributed by atoms with Crippen molar-refractivity contribution >= 4 is 5.91 Å². The van der Waals surface area contributed by atoms with E-state index < -0.39 is 16.9 Å². The van der Waals surface area contributed by atoms with Crippen LogP contribution in [0.4, 0.5) is 0 Å². The summed E-state index contributed by atoms with van der Waals surface area (Å²) in [5.41, 5.74) is -0.391. The molecule has 1 aliphatic rings. The maximum Gasteiger partial charge on any atom is 0.328 e. The average molecular weight is 371 g/mol. The topological polar surface area (TPSA) is 95.4 Å². The van der Waals surface area contributed by atoms with Crippen LogP contribution in [0.1, 0.15) is 24.5 Å². The Morgan fingerprint density at radius 2 is 2.00 bits per heavy atom. The van der Waals surface area contributed by atoms with Gasteiger partial charge in [-0.15, -0.1) is 0 Å². The molecule has 0 radical (unpaired) electrons. The van der Waals surface area contributed by atoms with E-state index in [4.69, 9.17) is 0 Å². The molecule has 0 aliphatic carbocycles. The Balaban J connectivity index is 1.73. The normalized spacial score (nSPS) is 22.6. The third-order valence-electron chi connectivity index (χ3n) is 5.38. The zero-order valence-corrected chi connectivity index (χ0v) is 15.6. The number of aromatic amines is 1. The molecule has 3 rings (SSSR count). The number of likely N-dealkylation sites (tertiary alicyclic amines) is 1. The Bertz CT molecular complexity index is 930. The van der Waals surface area contributed by atoms with Gasteiger partial charge in [0, 0.05) is 30.8 Å². The van der Waals surface area contributed by atoms with Crippen molar-refractivity contribution in [2.75, 3.05) is 13.1 Å². The molecule has 144 valence electrons. The van der Waals surface area contributed by atoms with E-state index in [9.17, 15) is 19.5 Å². The zero-order chi connectivity index (χ0) is 19.6. The Labute approximate surface area is 157 Å². The van der Waals surface area contributed by atoms with Crippen LogP contribution in [0.3, 0.4) is 0 Å². The first-order valence-electron chi connectivity index (χ1n) is 9.11. The van der Waals surface area contributed by atoms with Crippen LogP contribution in [-0.2, 0) is 17.8 Å². The molecule has 1 fully saturated rings. The van der Waals surface area contributed by atoms with E-state index in [2.05, 4.69) is 4.98 Å². The van der Waals surface area contributed by atoms with Crippen LogP contribution in [0.15, 0.2) is 46.1 Å². The van der Waals surface area contributed by atoms with Crippen molar-refractivity contribution in [1.29, 1.82) is 0 Å². The molecule has 2 aromatic rings. The minimum Gasteiger partial charge on any atom is -0.390 e. The van der Waals surface area contributed by atoms with Gasteiger partial charge >= 0.3 is 5.69 Å². The fraction of sp³-hybridized carbons (Fsp3) is 0.450. The molecule has 1 aromatic carbocycles. The third kappa shape index (κ3) is 4.36. The van der Waals surface area contributed by atoms with Gasteiger partial charge in [-0.1, -0.05) is 30.3 Å². The number of nitrogens with zero attached hydrogens (tertiary/aromatic N) is 2. The van der Waals surface area contributed by atoms with Gasteiger partial charge in [-0.25, -0.2) is 4.79 Å². The minimum absolute atomic E-state index is 0.0911. The molecular formula is C20H25N3O4. The Hall–Kier alpha value is -2.67. The highest BCUT2D eigenvalue weighted by molar-refractivity contribution is 5.76. The van der Waals surface area contributed by atoms with Gasteiger partial charge in [0.15, 0.2) is 0 Å². The summed E-state index contributed by atoms with van der Waals surface area (Å²) in [5.74, 6) is -0.288. The van der Waals surface area contributed by atoms with Crippen LogP contribution < -0.4 is 11.2 Å².